The summed E-state index contributed by atoms with van der Waals surface area (Å²) in [6, 6.07) is 0. The van der Waals surface area contributed by atoms with Crippen LogP contribution in [0.4, 0.5) is 0 Å². The summed E-state index contributed by atoms with van der Waals surface area (Å²) in [6.45, 7) is 0. The normalized spacial score (nSPS) is 9.91. The summed E-state index contributed by atoms with van der Waals surface area (Å²) < 4.78 is 0. The van der Waals surface area contributed by atoms with Crippen molar-refractivity contribution in [3.8, 4) is 0 Å². The average molecular weight is 192 g/mol. The molecular weight excluding hydrogens is 186 g/mol. The van der Waals surface area contributed by atoms with Crippen molar-refractivity contribution < 1.29 is 9.90 Å². The Morgan fingerprint density at radius 2 is 2.55 bits per heavy atom. The van der Waals surface area contributed by atoms with Gasteiger partial charge in [-0.25, -0.2) is 4.98 Å². The summed E-state index contributed by atoms with van der Waals surface area (Å²) in [4.78, 5) is 14.8. The van der Waals surface area contributed by atoms with E-state index in [1.165, 1.54) is 11.3 Å². The van der Waals surface area contributed by atoms with Crippen molar-refractivity contribution in [3.63, 3.8) is 0 Å². The van der Waals surface area contributed by atoms with E-state index < -0.39 is 5.97 Å². The molecule has 0 saturated heterocycles. The largest absolute Gasteiger partial charge is 0.481 e. The zero-order chi connectivity index (χ0) is 8.27. The monoisotopic (exact) mass is 191 g/mol. The predicted octanol–water partition coefficient (Wildman–Crippen LogP) is 1.81. The summed E-state index contributed by atoms with van der Waals surface area (Å²) in [5, 5.41) is 8.77. The molecule has 0 fully saturated rings. The van der Waals surface area contributed by atoms with E-state index >= 15 is 0 Å². The van der Waals surface area contributed by atoms with Crippen molar-refractivity contribution in [1.29, 1.82) is 0 Å². The van der Waals surface area contributed by atoms with Gasteiger partial charge < -0.3 is 5.11 Å². The fourth-order valence-corrected chi connectivity index (χ4v) is 1.63. The van der Waals surface area contributed by atoms with E-state index in [-0.39, 0.29) is 6.42 Å². The number of thiazole rings is 1. The molecule has 5 heteroatoms. The Morgan fingerprint density at radius 3 is 3.00 bits per heavy atom. The lowest BCUT2D eigenvalue weighted by Crippen LogP contribution is -1.96. The van der Waals surface area contributed by atoms with Crippen LogP contribution in [0.1, 0.15) is 11.3 Å². The third kappa shape index (κ3) is 2.48. The van der Waals surface area contributed by atoms with Gasteiger partial charge in [-0.3, -0.25) is 4.79 Å². The molecule has 1 rings (SSSR count). The van der Waals surface area contributed by atoms with Crippen molar-refractivity contribution in [2.45, 2.75) is 12.8 Å². The van der Waals surface area contributed by atoms with Gasteiger partial charge in [0, 0.05) is 4.88 Å². The molecule has 0 amide bonds. The first kappa shape index (κ1) is 8.49. The van der Waals surface area contributed by atoms with Gasteiger partial charge in [-0.2, -0.15) is 0 Å². The second-order valence-corrected chi connectivity index (χ2v) is 3.26. The maximum atomic E-state index is 10.1. The van der Waals surface area contributed by atoms with Gasteiger partial charge >= 0.3 is 5.97 Å². The number of hydrogen-bond acceptors (Lipinski definition) is 3. The van der Waals surface area contributed by atoms with Crippen LogP contribution in [0.25, 0.3) is 0 Å². The number of hydrogen-bond donors (Lipinski definition) is 1. The van der Waals surface area contributed by atoms with E-state index in [1.807, 2.05) is 0 Å². The van der Waals surface area contributed by atoms with E-state index in [4.69, 9.17) is 16.7 Å². The SMILES string of the molecule is O=C(O)CCc1scnc1Cl. The molecule has 1 aromatic heterocycles. The minimum atomic E-state index is -0.811. The number of aryl methyl sites for hydroxylation is 1. The summed E-state index contributed by atoms with van der Waals surface area (Å²) in [6.07, 6.45) is 0.584. The van der Waals surface area contributed by atoms with E-state index in [9.17, 15) is 4.79 Å². The molecule has 3 nitrogen and oxygen atoms in total. The average Bonchev–Trinajstić information content (AvgIpc) is 2.31. The molecule has 60 valence electrons. The number of rotatable bonds is 3. The minimum Gasteiger partial charge on any atom is -0.481 e. The third-order valence-electron chi connectivity index (χ3n) is 1.16. The molecule has 0 aliphatic rings. The molecular formula is C6H6ClNO2S. The Labute approximate surface area is 72.6 Å². The first-order chi connectivity index (χ1) is 5.20. The van der Waals surface area contributed by atoms with Crippen molar-refractivity contribution >= 4 is 28.9 Å². The minimum absolute atomic E-state index is 0.113. The van der Waals surface area contributed by atoms with Gasteiger partial charge in [-0.05, 0) is 6.42 Å². The highest BCUT2D eigenvalue weighted by Gasteiger charge is 2.05. The standard InChI is InChI=1S/C6H6ClNO2S/c7-6-4(11-3-8-6)1-2-5(9)10/h3H,1-2H2,(H,9,10). The Bertz CT molecular complexity index is 261. The molecule has 1 heterocycles. The maximum Gasteiger partial charge on any atom is 0.303 e. The molecule has 0 spiro atoms. The molecule has 0 aliphatic carbocycles. The Kier molecular flexibility index (Phi) is 2.84. The van der Waals surface area contributed by atoms with Crippen LogP contribution in [-0.2, 0) is 11.2 Å². The van der Waals surface area contributed by atoms with Crippen molar-refractivity contribution in [2.24, 2.45) is 0 Å². The smallest absolute Gasteiger partial charge is 0.303 e. The lowest BCUT2D eigenvalue weighted by atomic mass is 10.3. The quantitative estimate of drug-likeness (QED) is 0.793. The number of nitrogens with zero attached hydrogens (tertiary/aromatic N) is 1. The van der Waals surface area contributed by atoms with Crippen molar-refractivity contribution in [3.05, 3.63) is 15.5 Å². The summed E-state index contributed by atoms with van der Waals surface area (Å²) in [7, 11) is 0. The highest BCUT2D eigenvalue weighted by Crippen LogP contribution is 2.19. The zero-order valence-corrected chi connectivity index (χ0v) is 7.15. The highest BCUT2D eigenvalue weighted by atomic mass is 35.5. The fraction of sp³-hybridized carbons (Fsp3) is 0.333. The van der Waals surface area contributed by atoms with Crippen LogP contribution in [0, 0.1) is 0 Å². The van der Waals surface area contributed by atoms with Gasteiger partial charge in [-0.15, -0.1) is 11.3 Å². The van der Waals surface area contributed by atoms with E-state index in [0.717, 1.165) is 4.88 Å². The molecule has 1 aromatic rings. The lowest BCUT2D eigenvalue weighted by Gasteiger charge is -1.91. The Hall–Kier alpha value is -0.610. The Morgan fingerprint density at radius 1 is 1.82 bits per heavy atom. The number of carboxylic acids is 1. The fourth-order valence-electron chi connectivity index (χ4n) is 0.639. The van der Waals surface area contributed by atoms with Crippen LogP contribution in [0.15, 0.2) is 5.51 Å². The van der Waals surface area contributed by atoms with E-state index in [0.29, 0.717) is 11.6 Å². The first-order valence-corrected chi connectivity index (χ1v) is 4.25. The molecule has 0 bridgehead atoms. The second-order valence-electron chi connectivity index (χ2n) is 1.96. The van der Waals surface area contributed by atoms with Gasteiger partial charge in [0.15, 0.2) is 0 Å². The molecule has 0 aromatic carbocycles. The number of carboxylic acid groups (broad SMARTS) is 1. The molecule has 0 unspecified atom stereocenters. The van der Waals surface area contributed by atoms with Crippen LogP contribution in [-0.4, -0.2) is 16.1 Å². The van der Waals surface area contributed by atoms with Gasteiger partial charge in [0.25, 0.3) is 0 Å². The molecule has 1 N–H and O–H groups in total. The number of aliphatic carboxylic acids is 1. The third-order valence-corrected chi connectivity index (χ3v) is 2.49. The van der Waals surface area contributed by atoms with Crippen LogP contribution < -0.4 is 0 Å². The Balaban J connectivity index is 2.51. The van der Waals surface area contributed by atoms with Gasteiger partial charge in [0.05, 0.1) is 11.9 Å². The molecule has 0 aliphatic heterocycles. The van der Waals surface area contributed by atoms with Crippen LogP contribution >= 0.6 is 22.9 Å². The molecule has 11 heavy (non-hydrogen) atoms. The zero-order valence-electron chi connectivity index (χ0n) is 5.58. The maximum absolute atomic E-state index is 10.1. The summed E-state index contributed by atoms with van der Waals surface area (Å²) in [5.41, 5.74) is 1.61. The summed E-state index contributed by atoms with van der Waals surface area (Å²) in [5.74, 6) is -0.811. The van der Waals surface area contributed by atoms with Crippen molar-refractivity contribution in [2.75, 3.05) is 0 Å². The van der Waals surface area contributed by atoms with Crippen LogP contribution in [0.3, 0.4) is 0 Å². The highest BCUT2D eigenvalue weighted by molar-refractivity contribution is 7.10. The van der Waals surface area contributed by atoms with Crippen molar-refractivity contribution in [1.82, 2.24) is 4.98 Å². The van der Waals surface area contributed by atoms with Gasteiger partial charge in [0.2, 0.25) is 0 Å². The molecule has 0 atom stereocenters. The van der Waals surface area contributed by atoms with E-state index in [1.54, 1.807) is 5.51 Å². The van der Waals surface area contributed by atoms with Crippen LogP contribution in [0.5, 0.6) is 0 Å². The first-order valence-electron chi connectivity index (χ1n) is 3.00. The number of halogens is 1. The summed E-state index contributed by atoms with van der Waals surface area (Å²) >= 11 is 7.01. The lowest BCUT2D eigenvalue weighted by molar-refractivity contribution is -0.136. The molecule has 0 radical (unpaired) electrons. The second kappa shape index (κ2) is 3.69. The van der Waals surface area contributed by atoms with Gasteiger partial charge in [0.1, 0.15) is 5.15 Å². The van der Waals surface area contributed by atoms with Crippen LogP contribution in [0.2, 0.25) is 5.15 Å². The van der Waals surface area contributed by atoms with Gasteiger partial charge in [-0.1, -0.05) is 11.6 Å². The number of aromatic nitrogens is 1. The topological polar surface area (TPSA) is 50.2 Å². The predicted molar refractivity (Wildman–Crippen MR) is 43.1 cm³/mol. The number of carbonyl (C=O) groups is 1. The van der Waals surface area contributed by atoms with E-state index in [2.05, 4.69) is 4.98 Å². The molecule has 0 saturated carbocycles.